The molecule has 3 aromatic carbocycles. The SMILES string of the molecule is CC(C)CN(C[C@H]1OC(C)(C)N(C(=O)Oc2ccoc2)[C@H]1Cc1ccc(OCc2cc(F)cc(F)c2)cc1)S(=O)(=O)c1ccc2c(c1)OCO2. The molecule has 2 aliphatic rings. The van der Waals surface area contributed by atoms with E-state index in [0.717, 1.165) is 11.6 Å². The van der Waals surface area contributed by atoms with Gasteiger partial charge in [-0.3, -0.25) is 4.90 Å². The Labute approximate surface area is 289 Å². The van der Waals surface area contributed by atoms with Crippen LogP contribution in [0, 0.1) is 17.6 Å². The predicted molar refractivity (Wildman–Crippen MR) is 176 cm³/mol. The summed E-state index contributed by atoms with van der Waals surface area (Å²) in [6.45, 7) is 7.37. The fourth-order valence-corrected chi connectivity index (χ4v) is 7.79. The van der Waals surface area contributed by atoms with Crippen LogP contribution in [0.25, 0.3) is 0 Å². The van der Waals surface area contributed by atoms with Crippen LogP contribution in [0.1, 0.15) is 38.8 Å². The van der Waals surface area contributed by atoms with Crippen molar-refractivity contribution in [3.8, 4) is 23.0 Å². The van der Waals surface area contributed by atoms with Gasteiger partial charge in [0.2, 0.25) is 16.8 Å². The topological polar surface area (TPSA) is 117 Å². The summed E-state index contributed by atoms with van der Waals surface area (Å²) in [4.78, 5) is 15.3. The maximum atomic E-state index is 14.2. The third kappa shape index (κ3) is 7.87. The van der Waals surface area contributed by atoms with Crippen molar-refractivity contribution in [1.82, 2.24) is 9.21 Å². The minimum Gasteiger partial charge on any atom is -0.489 e. The van der Waals surface area contributed by atoms with Crippen molar-refractivity contribution in [2.75, 3.05) is 19.9 Å². The molecule has 11 nitrogen and oxygen atoms in total. The maximum Gasteiger partial charge on any atom is 0.417 e. The maximum absolute atomic E-state index is 14.2. The van der Waals surface area contributed by atoms with Crippen molar-refractivity contribution in [2.24, 2.45) is 5.92 Å². The second kappa shape index (κ2) is 14.3. The molecule has 1 aromatic heterocycles. The highest BCUT2D eigenvalue weighted by atomic mass is 32.2. The first-order valence-corrected chi connectivity index (χ1v) is 17.5. The monoisotopic (exact) mass is 712 g/mol. The molecule has 0 N–H and O–H groups in total. The van der Waals surface area contributed by atoms with Gasteiger partial charge in [-0.1, -0.05) is 26.0 Å². The molecule has 266 valence electrons. The zero-order valence-electron chi connectivity index (χ0n) is 28.0. The van der Waals surface area contributed by atoms with E-state index in [9.17, 15) is 22.0 Å². The molecule has 0 radical (unpaired) electrons. The number of ether oxygens (including phenoxy) is 5. The van der Waals surface area contributed by atoms with Gasteiger partial charge in [0, 0.05) is 31.3 Å². The van der Waals surface area contributed by atoms with Gasteiger partial charge in [0.15, 0.2) is 17.2 Å². The molecule has 1 saturated heterocycles. The Morgan fingerprint density at radius 1 is 0.960 bits per heavy atom. The molecule has 1 fully saturated rings. The van der Waals surface area contributed by atoms with Crippen LogP contribution in [-0.2, 0) is 27.8 Å². The summed E-state index contributed by atoms with van der Waals surface area (Å²) in [5.41, 5.74) is -0.0559. The quantitative estimate of drug-likeness (QED) is 0.157. The van der Waals surface area contributed by atoms with Crippen LogP contribution in [0.15, 0.2) is 88.6 Å². The van der Waals surface area contributed by atoms with Gasteiger partial charge in [0.1, 0.15) is 36.0 Å². The molecule has 0 aliphatic carbocycles. The fraction of sp³-hybridized carbons (Fsp3) is 0.361. The predicted octanol–water partition coefficient (Wildman–Crippen LogP) is 6.76. The first kappa shape index (κ1) is 35.2. The summed E-state index contributed by atoms with van der Waals surface area (Å²) in [5.74, 6) is 0.0574. The van der Waals surface area contributed by atoms with E-state index in [4.69, 9.17) is 28.1 Å². The zero-order chi connectivity index (χ0) is 35.6. The second-order valence-corrected chi connectivity index (χ2v) is 15.0. The molecule has 2 aliphatic heterocycles. The number of sulfonamides is 1. The highest BCUT2D eigenvalue weighted by Crippen LogP contribution is 2.38. The smallest absolute Gasteiger partial charge is 0.417 e. The van der Waals surface area contributed by atoms with Crippen LogP contribution in [-0.4, -0.2) is 61.5 Å². The summed E-state index contributed by atoms with van der Waals surface area (Å²) in [6.07, 6.45) is 1.48. The van der Waals surface area contributed by atoms with Gasteiger partial charge in [0.25, 0.3) is 0 Å². The Morgan fingerprint density at radius 2 is 1.68 bits per heavy atom. The lowest BCUT2D eigenvalue weighted by atomic mass is 10.00. The van der Waals surface area contributed by atoms with Crippen LogP contribution >= 0.6 is 0 Å². The molecule has 14 heteroatoms. The third-order valence-corrected chi connectivity index (χ3v) is 10.1. The molecule has 0 unspecified atom stereocenters. The first-order chi connectivity index (χ1) is 23.8. The van der Waals surface area contributed by atoms with Crippen LogP contribution in [0.5, 0.6) is 23.0 Å². The Hall–Kier alpha value is -4.66. The van der Waals surface area contributed by atoms with Crippen molar-refractivity contribution >= 4 is 16.1 Å². The number of carbonyl (C=O) groups excluding carboxylic acids is 1. The number of rotatable bonds is 12. The average Bonchev–Trinajstić information content (AvgIpc) is 3.79. The summed E-state index contributed by atoms with van der Waals surface area (Å²) >= 11 is 0. The van der Waals surface area contributed by atoms with Gasteiger partial charge in [-0.15, -0.1) is 0 Å². The highest BCUT2D eigenvalue weighted by Gasteiger charge is 2.52. The van der Waals surface area contributed by atoms with E-state index in [1.165, 1.54) is 52.1 Å². The normalized spacial score (nSPS) is 18.2. The minimum atomic E-state index is -4.05. The summed E-state index contributed by atoms with van der Waals surface area (Å²) in [5, 5.41) is 0. The number of amides is 1. The molecule has 0 bridgehead atoms. The zero-order valence-corrected chi connectivity index (χ0v) is 28.8. The number of hydrogen-bond acceptors (Lipinski definition) is 9. The van der Waals surface area contributed by atoms with Gasteiger partial charge in [0.05, 0.1) is 23.3 Å². The Kier molecular flexibility index (Phi) is 10.1. The van der Waals surface area contributed by atoms with Gasteiger partial charge in [-0.25, -0.2) is 22.0 Å². The number of hydrogen-bond donors (Lipinski definition) is 0. The standard InChI is InChI=1S/C36H38F2N2O9S/c1-23(2)18-39(50(42,43)30-9-10-32-33(17-30)47-22-46-32)19-34-31(40(36(3,4)49-34)35(41)48-29-11-12-44-21-29)15-24-5-7-28(8-6-24)45-20-25-13-26(37)16-27(38)14-25/h5-14,16-17,21,23,31,34H,15,18-20,22H2,1-4H3/t31-,34+/m0/s1. The first-order valence-electron chi connectivity index (χ1n) is 16.1. The Balaban J connectivity index is 1.27. The van der Waals surface area contributed by atoms with Crippen molar-refractivity contribution in [3.63, 3.8) is 0 Å². The van der Waals surface area contributed by atoms with E-state index in [1.807, 2.05) is 13.8 Å². The summed E-state index contributed by atoms with van der Waals surface area (Å²) in [7, 11) is -4.05. The molecule has 2 atom stereocenters. The molecule has 4 aromatic rings. The van der Waals surface area contributed by atoms with E-state index in [-0.39, 0.29) is 49.5 Å². The molecule has 3 heterocycles. The van der Waals surface area contributed by atoms with Crippen molar-refractivity contribution in [1.29, 1.82) is 0 Å². The summed E-state index contributed by atoms with van der Waals surface area (Å²) < 4.78 is 90.7. The number of carbonyl (C=O) groups is 1. The van der Waals surface area contributed by atoms with Gasteiger partial charge in [-0.05, 0) is 73.7 Å². The lowest BCUT2D eigenvalue weighted by molar-refractivity contribution is -0.0681. The second-order valence-electron chi connectivity index (χ2n) is 13.0. The van der Waals surface area contributed by atoms with Crippen molar-refractivity contribution < 1.29 is 50.1 Å². The van der Waals surface area contributed by atoms with Crippen LogP contribution in [0.2, 0.25) is 0 Å². The Morgan fingerprint density at radius 3 is 2.36 bits per heavy atom. The van der Waals surface area contributed by atoms with E-state index in [2.05, 4.69) is 0 Å². The molecular weight excluding hydrogens is 674 g/mol. The number of furan rings is 1. The largest absolute Gasteiger partial charge is 0.489 e. The average molecular weight is 713 g/mol. The molecular formula is C36H38F2N2O9S. The number of benzene rings is 3. The lowest BCUT2D eigenvalue weighted by Gasteiger charge is -2.33. The van der Waals surface area contributed by atoms with Gasteiger partial charge < -0.3 is 28.1 Å². The van der Waals surface area contributed by atoms with E-state index in [0.29, 0.717) is 22.8 Å². The van der Waals surface area contributed by atoms with E-state index >= 15 is 0 Å². The Bertz CT molecular complexity index is 1900. The van der Waals surface area contributed by atoms with Crippen LogP contribution in [0.4, 0.5) is 13.6 Å². The van der Waals surface area contributed by atoms with Gasteiger partial charge >= 0.3 is 6.09 Å². The highest BCUT2D eigenvalue weighted by molar-refractivity contribution is 7.89. The van der Waals surface area contributed by atoms with Crippen LogP contribution in [0.3, 0.4) is 0 Å². The lowest BCUT2D eigenvalue weighted by Crippen LogP contribution is -2.51. The van der Waals surface area contributed by atoms with Crippen LogP contribution < -0.4 is 18.9 Å². The summed E-state index contributed by atoms with van der Waals surface area (Å²) in [6, 6.07) is 15.6. The minimum absolute atomic E-state index is 0.00602. The molecule has 0 saturated carbocycles. The molecule has 6 rings (SSSR count). The molecule has 50 heavy (non-hydrogen) atoms. The van der Waals surface area contributed by atoms with Crippen molar-refractivity contribution in [3.05, 3.63) is 102 Å². The fourth-order valence-electron chi connectivity index (χ4n) is 6.16. The van der Waals surface area contributed by atoms with Gasteiger partial charge in [-0.2, -0.15) is 4.31 Å². The van der Waals surface area contributed by atoms with E-state index < -0.39 is 45.6 Å². The number of halogens is 2. The molecule has 1 amide bonds. The van der Waals surface area contributed by atoms with E-state index in [1.54, 1.807) is 44.2 Å². The number of nitrogens with zero attached hydrogens (tertiary/aromatic N) is 2. The molecule has 0 spiro atoms. The number of fused-ring (bicyclic) bond motifs is 1. The third-order valence-electron chi connectivity index (χ3n) is 8.31. The van der Waals surface area contributed by atoms with Crippen molar-refractivity contribution in [2.45, 2.75) is 63.5 Å².